The first-order valence-electron chi connectivity index (χ1n) is 8.66. The van der Waals surface area contributed by atoms with E-state index in [0.717, 1.165) is 30.8 Å². The van der Waals surface area contributed by atoms with Crippen molar-refractivity contribution >= 4 is 0 Å². The molecule has 3 nitrogen and oxygen atoms in total. The predicted molar refractivity (Wildman–Crippen MR) is 94.7 cm³/mol. The average molecular weight is 326 g/mol. The minimum absolute atomic E-state index is 0.00716. The normalized spacial score (nSPS) is 36.6. The molecule has 0 amide bonds. The van der Waals surface area contributed by atoms with Gasteiger partial charge in [-0.05, 0) is 31.4 Å². The second-order valence-electron chi connectivity index (χ2n) is 8.20. The lowest BCUT2D eigenvalue weighted by Gasteiger charge is -2.52. The number of methoxy groups -OCH3 is 1. The molecule has 1 aliphatic heterocycles. The van der Waals surface area contributed by atoms with Gasteiger partial charge in [-0.25, -0.2) is 0 Å². The molecule has 1 saturated heterocycles. The molecule has 128 valence electrons. The largest absolute Gasteiger partial charge is 0.504 e. The Kier molecular flexibility index (Phi) is 3.06. The third-order valence-electron chi connectivity index (χ3n) is 6.81. The molecule has 1 aromatic carbocycles. The summed E-state index contributed by atoms with van der Waals surface area (Å²) in [5, 5.41) is 10.4. The molecule has 3 heteroatoms. The quantitative estimate of drug-likeness (QED) is 0.791. The number of hydrogen-bond donors (Lipinski definition) is 1. The number of hydrogen-bond acceptors (Lipinski definition) is 3. The van der Waals surface area contributed by atoms with Crippen LogP contribution in [-0.2, 0) is 16.6 Å². The van der Waals surface area contributed by atoms with Gasteiger partial charge >= 0.3 is 0 Å². The van der Waals surface area contributed by atoms with Crippen LogP contribution in [0.2, 0.25) is 0 Å². The zero-order valence-corrected chi connectivity index (χ0v) is 15.2. The molecule has 2 aliphatic carbocycles. The minimum atomic E-state index is -0.179. The Hall–Kier alpha value is -1.74. The summed E-state index contributed by atoms with van der Waals surface area (Å²) in [5.41, 5.74) is 4.53. The SMILES string of the molecule is COc1c(O)c(C)cc2c1CC=C1[C@]3(C)COC[C@]3(C)C=C[C@]12C. The maximum Gasteiger partial charge on any atom is 0.164 e. The van der Waals surface area contributed by atoms with Crippen LogP contribution in [0, 0.1) is 17.8 Å². The highest BCUT2D eigenvalue weighted by molar-refractivity contribution is 5.64. The van der Waals surface area contributed by atoms with E-state index in [2.05, 4.69) is 45.1 Å². The van der Waals surface area contributed by atoms with Crippen LogP contribution in [0.4, 0.5) is 0 Å². The number of allylic oxidation sites excluding steroid dienone is 2. The van der Waals surface area contributed by atoms with E-state index in [1.54, 1.807) is 7.11 Å². The van der Waals surface area contributed by atoms with Gasteiger partial charge in [-0.3, -0.25) is 0 Å². The highest BCUT2D eigenvalue weighted by Gasteiger charge is 2.58. The lowest BCUT2D eigenvalue weighted by atomic mass is 9.50. The molecule has 1 aromatic rings. The Morgan fingerprint density at radius 1 is 1.17 bits per heavy atom. The van der Waals surface area contributed by atoms with Crippen molar-refractivity contribution in [1.82, 2.24) is 0 Å². The molecule has 0 bridgehead atoms. The third-order valence-corrected chi connectivity index (χ3v) is 6.81. The smallest absolute Gasteiger partial charge is 0.164 e. The van der Waals surface area contributed by atoms with Crippen LogP contribution >= 0.6 is 0 Å². The van der Waals surface area contributed by atoms with Crippen molar-refractivity contribution in [3.8, 4) is 11.5 Å². The molecule has 1 fully saturated rings. The maximum absolute atomic E-state index is 10.4. The molecule has 0 spiro atoms. The lowest BCUT2D eigenvalue weighted by molar-refractivity contribution is 0.167. The summed E-state index contributed by atoms with van der Waals surface area (Å²) in [6.45, 7) is 10.4. The van der Waals surface area contributed by atoms with Crippen molar-refractivity contribution in [1.29, 1.82) is 0 Å². The van der Waals surface area contributed by atoms with Crippen LogP contribution in [0.5, 0.6) is 11.5 Å². The number of phenols is 1. The van der Waals surface area contributed by atoms with Crippen LogP contribution in [0.1, 0.15) is 37.5 Å². The molecule has 0 aromatic heterocycles. The van der Waals surface area contributed by atoms with Crippen molar-refractivity contribution in [3.63, 3.8) is 0 Å². The molecule has 0 saturated carbocycles. The fourth-order valence-corrected chi connectivity index (χ4v) is 5.00. The molecule has 3 aliphatic rings. The molecule has 1 heterocycles. The van der Waals surface area contributed by atoms with E-state index >= 15 is 0 Å². The van der Waals surface area contributed by atoms with Crippen LogP contribution in [0.3, 0.4) is 0 Å². The summed E-state index contributed by atoms with van der Waals surface area (Å²) in [6, 6.07) is 2.13. The molecule has 0 unspecified atom stereocenters. The van der Waals surface area contributed by atoms with E-state index in [1.807, 2.05) is 6.92 Å². The van der Waals surface area contributed by atoms with Gasteiger partial charge in [0.05, 0.1) is 20.3 Å². The number of rotatable bonds is 1. The van der Waals surface area contributed by atoms with Crippen molar-refractivity contribution in [3.05, 3.63) is 46.6 Å². The van der Waals surface area contributed by atoms with E-state index in [-0.39, 0.29) is 22.0 Å². The van der Waals surface area contributed by atoms with E-state index < -0.39 is 0 Å². The van der Waals surface area contributed by atoms with Crippen molar-refractivity contribution in [2.24, 2.45) is 10.8 Å². The van der Waals surface area contributed by atoms with E-state index in [4.69, 9.17) is 9.47 Å². The van der Waals surface area contributed by atoms with Crippen LogP contribution in [0.25, 0.3) is 0 Å². The zero-order valence-electron chi connectivity index (χ0n) is 15.2. The molecule has 4 rings (SSSR count). The molecule has 3 atom stereocenters. The Bertz CT molecular complexity index is 791. The second kappa shape index (κ2) is 4.66. The average Bonchev–Trinajstić information content (AvgIpc) is 2.85. The zero-order chi connectivity index (χ0) is 17.3. The first kappa shape index (κ1) is 15.8. The fourth-order valence-electron chi connectivity index (χ4n) is 5.00. The Morgan fingerprint density at radius 2 is 1.92 bits per heavy atom. The summed E-state index contributed by atoms with van der Waals surface area (Å²) in [6.07, 6.45) is 7.82. The maximum atomic E-state index is 10.4. The first-order chi connectivity index (χ1) is 11.3. The highest BCUT2D eigenvalue weighted by atomic mass is 16.5. The number of aryl methyl sites for hydroxylation is 1. The van der Waals surface area contributed by atoms with Crippen molar-refractivity contribution in [2.75, 3.05) is 20.3 Å². The van der Waals surface area contributed by atoms with Crippen LogP contribution < -0.4 is 4.74 Å². The summed E-state index contributed by atoms with van der Waals surface area (Å²) >= 11 is 0. The van der Waals surface area contributed by atoms with Gasteiger partial charge in [0.1, 0.15) is 0 Å². The topological polar surface area (TPSA) is 38.7 Å². The summed E-state index contributed by atoms with van der Waals surface area (Å²) in [7, 11) is 1.64. The third kappa shape index (κ3) is 1.66. The van der Waals surface area contributed by atoms with Gasteiger partial charge < -0.3 is 14.6 Å². The van der Waals surface area contributed by atoms with Gasteiger partial charge in [0.2, 0.25) is 0 Å². The summed E-state index contributed by atoms with van der Waals surface area (Å²) in [4.78, 5) is 0. The van der Waals surface area contributed by atoms with E-state index in [0.29, 0.717) is 5.75 Å². The van der Waals surface area contributed by atoms with Gasteiger partial charge in [-0.1, -0.05) is 43.7 Å². The van der Waals surface area contributed by atoms with E-state index in [9.17, 15) is 5.11 Å². The Morgan fingerprint density at radius 3 is 2.62 bits per heavy atom. The van der Waals surface area contributed by atoms with Crippen LogP contribution in [0.15, 0.2) is 29.9 Å². The number of aromatic hydroxyl groups is 1. The lowest BCUT2D eigenvalue weighted by Crippen LogP contribution is -2.48. The number of benzene rings is 1. The van der Waals surface area contributed by atoms with Gasteiger partial charge in [-0.2, -0.15) is 0 Å². The molecule has 24 heavy (non-hydrogen) atoms. The molecular formula is C21H26O3. The predicted octanol–water partition coefficient (Wildman–Crippen LogP) is 4.06. The number of phenolic OH excluding ortho intramolecular Hbond substituents is 1. The number of fused-ring (bicyclic) bond motifs is 5. The second-order valence-corrected chi connectivity index (χ2v) is 8.20. The fraction of sp³-hybridized carbons (Fsp3) is 0.524. The van der Waals surface area contributed by atoms with E-state index in [1.165, 1.54) is 11.1 Å². The molecular weight excluding hydrogens is 300 g/mol. The van der Waals surface area contributed by atoms with Crippen molar-refractivity contribution in [2.45, 2.75) is 39.5 Å². The first-order valence-corrected chi connectivity index (χ1v) is 8.66. The van der Waals surface area contributed by atoms with Gasteiger partial charge in [0.25, 0.3) is 0 Å². The number of ether oxygens (including phenoxy) is 2. The summed E-state index contributed by atoms with van der Waals surface area (Å²) < 4.78 is 11.5. The molecule has 1 N–H and O–H groups in total. The van der Waals surface area contributed by atoms with Gasteiger partial charge in [0.15, 0.2) is 11.5 Å². The van der Waals surface area contributed by atoms with Gasteiger partial charge in [0, 0.05) is 21.8 Å². The molecule has 0 radical (unpaired) electrons. The van der Waals surface area contributed by atoms with Crippen molar-refractivity contribution < 1.29 is 14.6 Å². The standard InChI is InChI=1S/C21H26O3/c1-13-10-15-14(18(23-5)17(13)22)6-7-16-20(15,3)9-8-19(2)11-24-12-21(16,19)4/h7-10,22H,6,11-12H2,1-5H3/t19-,20-,21-/m0/s1. The summed E-state index contributed by atoms with van der Waals surface area (Å²) in [5.74, 6) is 0.882. The van der Waals surface area contributed by atoms with Gasteiger partial charge in [-0.15, -0.1) is 0 Å². The Balaban J connectivity index is 1.99. The van der Waals surface area contributed by atoms with Crippen LogP contribution in [-0.4, -0.2) is 25.4 Å². The Labute approximate surface area is 144 Å². The highest BCUT2D eigenvalue weighted by Crippen LogP contribution is 2.62. The monoisotopic (exact) mass is 326 g/mol. The minimum Gasteiger partial charge on any atom is -0.504 e.